The van der Waals surface area contributed by atoms with Gasteiger partial charge in [0, 0.05) is 5.33 Å². The molecule has 0 aliphatic heterocycles. The number of alkyl halides is 1. The molecule has 0 saturated carbocycles. The van der Waals surface area contributed by atoms with Crippen LogP contribution in [-0.4, -0.2) is 26.7 Å². The lowest BCUT2D eigenvalue weighted by Crippen LogP contribution is -1.95. The average molecular weight is 301 g/mol. The summed E-state index contributed by atoms with van der Waals surface area (Å²) < 4.78 is 15.8. The fourth-order valence-electron chi connectivity index (χ4n) is 1.48. The quantitative estimate of drug-likeness (QED) is 0.753. The summed E-state index contributed by atoms with van der Waals surface area (Å²) in [7, 11) is 4.83. The highest BCUT2D eigenvalue weighted by molar-refractivity contribution is 9.09. The second-order valence-electron chi connectivity index (χ2n) is 3.34. The molecule has 0 spiro atoms. The topological polar surface area (TPSA) is 27.7 Å². The maximum Gasteiger partial charge on any atom is 0.203 e. The van der Waals surface area contributed by atoms with Crippen molar-refractivity contribution in [2.24, 2.45) is 0 Å². The molecule has 1 aromatic carbocycles. The predicted molar refractivity (Wildman–Crippen MR) is 73.5 cm³/mol. The van der Waals surface area contributed by atoms with Crippen LogP contribution in [0.15, 0.2) is 18.2 Å². The number of halogens is 1. The zero-order valence-corrected chi connectivity index (χ0v) is 11.9. The lowest BCUT2D eigenvalue weighted by Gasteiger charge is -2.12. The lowest BCUT2D eigenvalue weighted by molar-refractivity contribution is 0.324. The van der Waals surface area contributed by atoms with Gasteiger partial charge in [0.2, 0.25) is 5.75 Å². The van der Waals surface area contributed by atoms with E-state index in [1.807, 2.05) is 18.2 Å². The Balaban J connectivity index is 3.08. The normalized spacial score (nSPS) is 10.6. The van der Waals surface area contributed by atoms with Gasteiger partial charge in [-0.2, -0.15) is 0 Å². The van der Waals surface area contributed by atoms with Crippen LogP contribution >= 0.6 is 15.9 Å². The summed E-state index contributed by atoms with van der Waals surface area (Å²) in [6.45, 7) is 0. The maximum absolute atomic E-state index is 5.28. The molecule has 3 nitrogen and oxygen atoms in total. The van der Waals surface area contributed by atoms with E-state index >= 15 is 0 Å². The Morgan fingerprint density at radius 1 is 1.06 bits per heavy atom. The SMILES string of the molecule is COc1cc(/C=C/CCBr)cc(OC)c1OC. The first kappa shape index (κ1) is 13.9. The Kier molecular flexibility index (Phi) is 5.91. The van der Waals surface area contributed by atoms with Crippen LogP contribution in [0.5, 0.6) is 17.2 Å². The minimum Gasteiger partial charge on any atom is -0.493 e. The Labute approximate surface area is 111 Å². The molecule has 4 heteroatoms. The van der Waals surface area contributed by atoms with Crippen LogP contribution in [0, 0.1) is 0 Å². The van der Waals surface area contributed by atoms with Gasteiger partial charge in [-0.15, -0.1) is 0 Å². The van der Waals surface area contributed by atoms with Crippen molar-refractivity contribution >= 4 is 22.0 Å². The van der Waals surface area contributed by atoms with E-state index in [2.05, 4.69) is 22.0 Å². The molecule has 0 amide bonds. The van der Waals surface area contributed by atoms with Crippen molar-refractivity contribution in [1.29, 1.82) is 0 Å². The van der Waals surface area contributed by atoms with Crippen molar-refractivity contribution in [2.45, 2.75) is 6.42 Å². The molecule has 1 rings (SSSR count). The molecule has 0 heterocycles. The third kappa shape index (κ3) is 3.66. The van der Waals surface area contributed by atoms with Crippen molar-refractivity contribution in [1.82, 2.24) is 0 Å². The summed E-state index contributed by atoms with van der Waals surface area (Å²) in [5.41, 5.74) is 1.03. The molecule has 0 aliphatic rings. The molecule has 0 bridgehead atoms. The van der Waals surface area contributed by atoms with Gasteiger partial charge in [0.25, 0.3) is 0 Å². The van der Waals surface area contributed by atoms with Gasteiger partial charge >= 0.3 is 0 Å². The van der Waals surface area contributed by atoms with E-state index in [4.69, 9.17) is 14.2 Å². The Bertz CT molecular complexity index is 363. The number of ether oxygens (including phenoxy) is 3. The summed E-state index contributed by atoms with van der Waals surface area (Å²) in [4.78, 5) is 0. The molecule has 0 aromatic heterocycles. The Morgan fingerprint density at radius 2 is 1.65 bits per heavy atom. The van der Waals surface area contributed by atoms with Gasteiger partial charge in [0.05, 0.1) is 21.3 Å². The van der Waals surface area contributed by atoms with E-state index in [1.54, 1.807) is 21.3 Å². The number of methoxy groups -OCH3 is 3. The standard InChI is InChI=1S/C13H17BrO3/c1-15-11-8-10(6-4-5-7-14)9-12(16-2)13(11)17-3/h4,6,8-9H,5,7H2,1-3H3/b6-4+. The summed E-state index contributed by atoms with van der Waals surface area (Å²) in [6.07, 6.45) is 5.11. The molecule has 0 radical (unpaired) electrons. The highest BCUT2D eigenvalue weighted by Gasteiger charge is 2.11. The van der Waals surface area contributed by atoms with Crippen molar-refractivity contribution < 1.29 is 14.2 Å². The highest BCUT2D eigenvalue weighted by atomic mass is 79.9. The van der Waals surface area contributed by atoms with E-state index in [0.29, 0.717) is 17.2 Å². The van der Waals surface area contributed by atoms with Crippen LogP contribution in [0.1, 0.15) is 12.0 Å². The largest absolute Gasteiger partial charge is 0.493 e. The van der Waals surface area contributed by atoms with Crippen LogP contribution < -0.4 is 14.2 Å². The fraction of sp³-hybridized carbons (Fsp3) is 0.385. The van der Waals surface area contributed by atoms with Gasteiger partial charge in [0.15, 0.2) is 11.5 Å². The van der Waals surface area contributed by atoms with Crippen LogP contribution in [-0.2, 0) is 0 Å². The van der Waals surface area contributed by atoms with Gasteiger partial charge in [-0.05, 0) is 24.1 Å². The van der Waals surface area contributed by atoms with E-state index in [0.717, 1.165) is 17.3 Å². The summed E-state index contributed by atoms with van der Waals surface area (Å²) in [6, 6.07) is 3.85. The smallest absolute Gasteiger partial charge is 0.203 e. The summed E-state index contributed by atoms with van der Waals surface area (Å²) >= 11 is 3.38. The molecule has 0 fully saturated rings. The van der Waals surface area contributed by atoms with Gasteiger partial charge in [0.1, 0.15) is 0 Å². The van der Waals surface area contributed by atoms with E-state index < -0.39 is 0 Å². The van der Waals surface area contributed by atoms with Crippen molar-refractivity contribution in [3.8, 4) is 17.2 Å². The average Bonchev–Trinajstić information content (AvgIpc) is 2.37. The van der Waals surface area contributed by atoms with Crippen molar-refractivity contribution in [3.05, 3.63) is 23.8 Å². The van der Waals surface area contributed by atoms with Crippen LogP contribution in [0.3, 0.4) is 0 Å². The molecule has 0 saturated heterocycles. The van der Waals surface area contributed by atoms with Crippen LogP contribution in [0.4, 0.5) is 0 Å². The predicted octanol–water partition coefficient (Wildman–Crippen LogP) is 3.51. The second-order valence-corrected chi connectivity index (χ2v) is 4.13. The minimum atomic E-state index is 0.618. The van der Waals surface area contributed by atoms with Crippen LogP contribution in [0.25, 0.3) is 6.08 Å². The number of hydrogen-bond donors (Lipinski definition) is 0. The maximum atomic E-state index is 5.28. The highest BCUT2D eigenvalue weighted by Crippen LogP contribution is 2.38. The number of benzene rings is 1. The fourth-order valence-corrected chi connectivity index (χ4v) is 1.74. The number of rotatable bonds is 6. The summed E-state index contributed by atoms with van der Waals surface area (Å²) in [5, 5.41) is 0.952. The van der Waals surface area contributed by atoms with Crippen LogP contribution in [0.2, 0.25) is 0 Å². The van der Waals surface area contributed by atoms with Crippen molar-refractivity contribution in [2.75, 3.05) is 26.7 Å². The second kappa shape index (κ2) is 7.22. The van der Waals surface area contributed by atoms with E-state index in [1.165, 1.54) is 0 Å². The van der Waals surface area contributed by atoms with Gasteiger partial charge < -0.3 is 14.2 Å². The zero-order valence-electron chi connectivity index (χ0n) is 10.3. The molecule has 94 valence electrons. The third-order valence-electron chi connectivity index (χ3n) is 2.27. The first-order chi connectivity index (χ1) is 8.26. The van der Waals surface area contributed by atoms with Gasteiger partial charge in [-0.25, -0.2) is 0 Å². The molecule has 0 aliphatic carbocycles. The molecular weight excluding hydrogens is 284 g/mol. The minimum absolute atomic E-state index is 0.618. The molecule has 17 heavy (non-hydrogen) atoms. The monoisotopic (exact) mass is 300 g/mol. The first-order valence-electron chi connectivity index (χ1n) is 5.29. The molecule has 0 N–H and O–H groups in total. The summed E-state index contributed by atoms with van der Waals surface area (Å²) in [5.74, 6) is 1.96. The third-order valence-corrected chi connectivity index (χ3v) is 2.73. The Morgan fingerprint density at radius 3 is 2.06 bits per heavy atom. The molecule has 0 atom stereocenters. The molecule has 1 aromatic rings. The van der Waals surface area contributed by atoms with E-state index in [9.17, 15) is 0 Å². The molecule has 0 unspecified atom stereocenters. The molecular formula is C13H17BrO3. The first-order valence-corrected chi connectivity index (χ1v) is 6.41. The van der Waals surface area contributed by atoms with E-state index in [-0.39, 0.29) is 0 Å². The lowest BCUT2D eigenvalue weighted by atomic mass is 10.1. The Hall–Kier alpha value is -1.16. The number of hydrogen-bond acceptors (Lipinski definition) is 3. The van der Waals surface area contributed by atoms with Gasteiger partial charge in [-0.1, -0.05) is 28.1 Å². The van der Waals surface area contributed by atoms with Gasteiger partial charge in [-0.3, -0.25) is 0 Å². The zero-order chi connectivity index (χ0) is 12.7. The number of allylic oxidation sites excluding steroid dienone is 1. The van der Waals surface area contributed by atoms with Crippen molar-refractivity contribution in [3.63, 3.8) is 0 Å².